The Bertz CT molecular complexity index is 1210. The number of anilines is 1. The molecule has 1 unspecified atom stereocenters. The van der Waals surface area contributed by atoms with E-state index in [2.05, 4.69) is 29.8 Å². The Hall–Kier alpha value is -2.64. The first kappa shape index (κ1) is 22.2. The van der Waals surface area contributed by atoms with Gasteiger partial charge < -0.3 is 14.8 Å². The maximum atomic E-state index is 12.9. The molecule has 1 aromatic carbocycles. The minimum atomic E-state index is -0.383. The van der Waals surface area contributed by atoms with Crippen LogP contribution in [0.5, 0.6) is 0 Å². The molecule has 0 radical (unpaired) electrons. The Morgan fingerprint density at radius 2 is 2.00 bits per heavy atom. The van der Waals surface area contributed by atoms with Gasteiger partial charge in [0.25, 0.3) is 0 Å². The molecule has 2 aliphatic rings. The maximum absolute atomic E-state index is 12.9. The second kappa shape index (κ2) is 8.95. The lowest BCUT2D eigenvalue weighted by molar-refractivity contribution is -0.137. The summed E-state index contributed by atoms with van der Waals surface area (Å²) in [5.74, 6) is 0.135. The lowest BCUT2D eigenvalue weighted by Gasteiger charge is -2.23. The molecule has 33 heavy (non-hydrogen) atoms. The molecule has 1 aliphatic heterocycles. The van der Waals surface area contributed by atoms with E-state index >= 15 is 0 Å². The van der Waals surface area contributed by atoms with Gasteiger partial charge in [-0.1, -0.05) is 29.8 Å². The Labute approximate surface area is 202 Å². The summed E-state index contributed by atoms with van der Waals surface area (Å²) in [5, 5.41) is 6.25. The SMILES string of the molecule is Cc1cc(-c2csc(NC(=O)C3CCCN3C(=O)C3CC3)n2)c(C)n1Cc1ccccc1Cl. The van der Waals surface area contributed by atoms with Crippen molar-refractivity contribution in [2.75, 3.05) is 11.9 Å². The second-order valence-electron chi connectivity index (χ2n) is 8.95. The van der Waals surface area contributed by atoms with Crippen LogP contribution >= 0.6 is 22.9 Å². The summed E-state index contributed by atoms with van der Waals surface area (Å²) in [6.45, 7) is 5.52. The zero-order valence-electron chi connectivity index (χ0n) is 18.8. The highest BCUT2D eigenvalue weighted by Gasteiger charge is 2.41. The van der Waals surface area contributed by atoms with Crippen molar-refractivity contribution in [1.82, 2.24) is 14.5 Å². The molecule has 172 valence electrons. The summed E-state index contributed by atoms with van der Waals surface area (Å²) in [4.78, 5) is 31.9. The van der Waals surface area contributed by atoms with Gasteiger partial charge in [0.1, 0.15) is 6.04 Å². The topological polar surface area (TPSA) is 67.2 Å². The molecule has 3 aromatic rings. The van der Waals surface area contributed by atoms with Gasteiger partial charge in [-0.3, -0.25) is 9.59 Å². The van der Waals surface area contributed by atoms with Crippen molar-refractivity contribution in [3.05, 3.63) is 57.7 Å². The second-order valence-corrected chi connectivity index (χ2v) is 10.2. The van der Waals surface area contributed by atoms with E-state index in [0.717, 1.165) is 52.5 Å². The molecule has 2 amide bonds. The van der Waals surface area contributed by atoms with Gasteiger partial charge in [0.15, 0.2) is 5.13 Å². The fraction of sp³-hybridized carbons (Fsp3) is 0.400. The van der Waals surface area contributed by atoms with Crippen molar-refractivity contribution in [2.45, 2.75) is 52.1 Å². The summed E-state index contributed by atoms with van der Waals surface area (Å²) < 4.78 is 2.23. The van der Waals surface area contributed by atoms with E-state index in [9.17, 15) is 9.59 Å². The number of amides is 2. The zero-order chi connectivity index (χ0) is 23.1. The van der Waals surface area contributed by atoms with Crippen LogP contribution in [0.15, 0.2) is 35.7 Å². The van der Waals surface area contributed by atoms with E-state index in [-0.39, 0.29) is 23.8 Å². The van der Waals surface area contributed by atoms with E-state index in [1.165, 1.54) is 11.3 Å². The van der Waals surface area contributed by atoms with Gasteiger partial charge in [-0.05, 0) is 57.2 Å². The van der Waals surface area contributed by atoms with E-state index < -0.39 is 0 Å². The predicted molar refractivity (Wildman–Crippen MR) is 132 cm³/mol. The number of hydrogen-bond donors (Lipinski definition) is 1. The fourth-order valence-electron chi connectivity index (χ4n) is 4.61. The highest BCUT2D eigenvalue weighted by Crippen LogP contribution is 2.35. The third-order valence-electron chi connectivity index (χ3n) is 6.64. The molecule has 5 rings (SSSR count). The number of nitrogens with zero attached hydrogens (tertiary/aromatic N) is 3. The van der Waals surface area contributed by atoms with Crippen LogP contribution in [0.1, 0.15) is 42.6 Å². The molecule has 6 nitrogen and oxygen atoms in total. The molecule has 2 fully saturated rings. The summed E-state index contributed by atoms with van der Waals surface area (Å²) >= 11 is 7.78. The van der Waals surface area contributed by atoms with Gasteiger partial charge in [-0.15, -0.1) is 11.3 Å². The van der Waals surface area contributed by atoms with Crippen LogP contribution in [0.3, 0.4) is 0 Å². The lowest BCUT2D eigenvalue weighted by atomic mass is 10.2. The van der Waals surface area contributed by atoms with Gasteiger partial charge in [-0.25, -0.2) is 4.98 Å². The number of carbonyl (C=O) groups excluding carboxylic acids is 2. The summed E-state index contributed by atoms with van der Waals surface area (Å²) in [6.07, 6.45) is 3.49. The highest BCUT2D eigenvalue weighted by atomic mass is 35.5. The number of halogens is 1. The quantitative estimate of drug-likeness (QED) is 0.520. The van der Waals surface area contributed by atoms with Gasteiger partial charge in [0.2, 0.25) is 11.8 Å². The molecule has 1 aliphatic carbocycles. The van der Waals surface area contributed by atoms with Crippen molar-refractivity contribution >= 4 is 39.9 Å². The molecule has 2 aromatic heterocycles. The van der Waals surface area contributed by atoms with Crippen molar-refractivity contribution in [3.8, 4) is 11.3 Å². The third kappa shape index (κ3) is 4.44. The first-order valence-electron chi connectivity index (χ1n) is 11.4. The number of nitrogens with one attached hydrogen (secondary N) is 1. The number of aromatic nitrogens is 2. The van der Waals surface area contributed by atoms with Crippen LogP contribution in [0.4, 0.5) is 5.13 Å². The molecule has 0 spiro atoms. The Kier molecular flexibility index (Phi) is 6.01. The number of benzene rings is 1. The molecular formula is C25H27ClN4O2S. The minimum Gasteiger partial charge on any atom is -0.344 e. The molecular weight excluding hydrogens is 456 g/mol. The Balaban J connectivity index is 1.31. The number of thiazole rings is 1. The molecule has 8 heteroatoms. The first-order valence-corrected chi connectivity index (χ1v) is 12.7. The van der Waals surface area contributed by atoms with Gasteiger partial charge in [0.05, 0.1) is 5.69 Å². The number of likely N-dealkylation sites (tertiary alicyclic amines) is 1. The monoisotopic (exact) mass is 482 g/mol. The average molecular weight is 483 g/mol. The van der Waals surface area contributed by atoms with Gasteiger partial charge >= 0.3 is 0 Å². The standard InChI is InChI=1S/C25H27ClN4O2S/c1-15-12-19(16(2)30(15)13-18-6-3-4-7-20(18)26)21-14-33-25(27-21)28-23(31)22-8-5-11-29(22)24(32)17-9-10-17/h3-4,6-7,12,14,17,22H,5,8-11,13H2,1-2H3,(H,27,28,31). The fourth-order valence-corrected chi connectivity index (χ4v) is 5.52. The van der Waals surface area contributed by atoms with E-state index in [0.29, 0.717) is 24.6 Å². The molecule has 1 saturated heterocycles. The summed E-state index contributed by atoms with van der Waals surface area (Å²) in [6, 6.07) is 9.62. The van der Waals surface area contributed by atoms with Gasteiger partial charge in [-0.2, -0.15) is 0 Å². The van der Waals surface area contributed by atoms with Crippen molar-refractivity contribution in [3.63, 3.8) is 0 Å². The number of aryl methyl sites for hydroxylation is 1. The minimum absolute atomic E-state index is 0.130. The highest BCUT2D eigenvalue weighted by molar-refractivity contribution is 7.14. The normalized spacial score (nSPS) is 18.0. The average Bonchev–Trinajstić information content (AvgIpc) is 3.23. The first-order chi connectivity index (χ1) is 15.9. The zero-order valence-corrected chi connectivity index (χ0v) is 20.4. The smallest absolute Gasteiger partial charge is 0.248 e. The lowest BCUT2D eigenvalue weighted by Crippen LogP contribution is -2.43. The predicted octanol–water partition coefficient (Wildman–Crippen LogP) is 5.27. The number of hydrogen-bond acceptors (Lipinski definition) is 4. The van der Waals surface area contributed by atoms with Crippen LogP contribution in [0.25, 0.3) is 11.3 Å². The number of carbonyl (C=O) groups is 2. The molecule has 1 N–H and O–H groups in total. The van der Waals surface area contributed by atoms with Crippen LogP contribution in [-0.4, -0.2) is 38.9 Å². The van der Waals surface area contributed by atoms with Crippen molar-refractivity contribution in [2.24, 2.45) is 5.92 Å². The van der Waals surface area contributed by atoms with Gasteiger partial charge in [0, 0.05) is 46.4 Å². The largest absolute Gasteiger partial charge is 0.344 e. The summed E-state index contributed by atoms with van der Waals surface area (Å²) in [7, 11) is 0. The summed E-state index contributed by atoms with van der Waals surface area (Å²) in [5.41, 5.74) is 5.18. The maximum Gasteiger partial charge on any atom is 0.248 e. The van der Waals surface area contributed by atoms with E-state index in [1.54, 1.807) is 4.90 Å². The molecule has 1 atom stereocenters. The Morgan fingerprint density at radius 1 is 1.21 bits per heavy atom. The third-order valence-corrected chi connectivity index (χ3v) is 7.76. The number of rotatable bonds is 6. The van der Waals surface area contributed by atoms with Crippen LogP contribution < -0.4 is 5.32 Å². The molecule has 1 saturated carbocycles. The van der Waals surface area contributed by atoms with E-state index in [4.69, 9.17) is 16.6 Å². The van der Waals surface area contributed by atoms with E-state index in [1.807, 2.05) is 29.6 Å². The van der Waals surface area contributed by atoms with Crippen LogP contribution in [-0.2, 0) is 16.1 Å². The Morgan fingerprint density at radius 3 is 2.76 bits per heavy atom. The van der Waals surface area contributed by atoms with Crippen LogP contribution in [0, 0.1) is 19.8 Å². The molecule has 3 heterocycles. The van der Waals surface area contributed by atoms with Crippen molar-refractivity contribution < 1.29 is 9.59 Å². The molecule has 0 bridgehead atoms. The van der Waals surface area contributed by atoms with Crippen molar-refractivity contribution in [1.29, 1.82) is 0 Å². The van der Waals surface area contributed by atoms with Crippen LogP contribution in [0.2, 0.25) is 5.02 Å².